The summed E-state index contributed by atoms with van der Waals surface area (Å²) in [6.07, 6.45) is 5.60. The van der Waals surface area contributed by atoms with Gasteiger partial charge in [-0.15, -0.1) is 0 Å². The van der Waals surface area contributed by atoms with E-state index in [9.17, 15) is 14.7 Å². The molecule has 0 atom stereocenters. The summed E-state index contributed by atoms with van der Waals surface area (Å²) in [5.74, 6) is -0.0430. The van der Waals surface area contributed by atoms with Gasteiger partial charge in [-0.05, 0) is 12.0 Å². The second-order valence-corrected chi connectivity index (χ2v) is 6.67. The van der Waals surface area contributed by atoms with Crippen molar-refractivity contribution in [2.24, 2.45) is 11.7 Å². The fourth-order valence-electron chi connectivity index (χ4n) is 2.34. The van der Waals surface area contributed by atoms with Crippen LogP contribution in [0.5, 0.6) is 11.5 Å². The van der Waals surface area contributed by atoms with E-state index in [1.165, 1.54) is 12.1 Å². The van der Waals surface area contributed by atoms with Crippen LogP contribution >= 0.6 is 0 Å². The number of amides is 1. The SMILES string of the molecule is CC(C)CNc1cc2c(cc1C(=O)O)OCCCO2.NC(=O)C1=CC=CCOO1. The third-order valence-corrected chi connectivity index (χ3v) is 3.76. The molecule has 0 saturated carbocycles. The van der Waals surface area contributed by atoms with Crippen LogP contribution in [-0.4, -0.2) is 43.3 Å². The van der Waals surface area contributed by atoms with E-state index >= 15 is 0 Å². The number of hydrogen-bond donors (Lipinski definition) is 3. The summed E-state index contributed by atoms with van der Waals surface area (Å²) in [5.41, 5.74) is 5.68. The van der Waals surface area contributed by atoms with Crippen LogP contribution in [0.1, 0.15) is 30.6 Å². The molecule has 3 rings (SSSR count). The largest absolute Gasteiger partial charge is 0.490 e. The van der Waals surface area contributed by atoms with Crippen molar-refractivity contribution in [1.82, 2.24) is 0 Å². The van der Waals surface area contributed by atoms with Gasteiger partial charge in [0.25, 0.3) is 5.91 Å². The maximum absolute atomic E-state index is 11.3. The topological polar surface area (TPSA) is 129 Å². The molecular weight excluding hydrogens is 380 g/mol. The van der Waals surface area contributed by atoms with Crippen molar-refractivity contribution in [1.29, 1.82) is 0 Å². The van der Waals surface area contributed by atoms with Crippen molar-refractivity contribution in [3.63, 3.8) is 0 Å². The highest BCUT2D eigenvalue weighted by Crippen LogP contribution is 2.35. The first-order chi connectivity index (χ1) is 13.9. The zero-order valence-electron chi connectivity index (χ0n) is 16.5. The van der Waals surface area contributed by atoms with Gasteiger partial charge in [0.05, 0.1) is 24.5 Å². The Labute approximate surface area is 169 Å². The molecule has 0 unspecified atom stereocenters. The number of allylic oxidation sites excluding steroid dienone is 2. The number of carboxylic acid groups (broad SMARTS) is 1. The number of primary amides is 1. The molecule has 1 aromatic carbocycles. The maximum atomic E-state index is 11.3. The number of nitrogens with two attached hydrogens (primary N) is 1. The Morgan fingerprint density at radius 3 is 2.52 bits per heavy atom. The normalized spacial score (nSPS) is 15.1. The van der Waals surface area contributed by atoms with Crippen molar-refractivity contribution in [2.75, 3.05) is 31.7 Å². The van der Waals surface area contributed by atoms with E-state index in [2.05, 4.69) is 28.9 Å². The lowest BCUT2D eigenvalue weighted by molar-refractivity contribution is -0.250. The summed E-state index contributed by atoms with van der Waals surface area (Å²) in [6, 6.07) is 3.25. The van der Waals surface area contributed by atoms with E-state index < -0.39 is 11.9 Å². The van der Waals surface area contributed by atoms with E-state index in [0.29, 0.717) is 49.5 Å². The van der Waals surface area contributed by atoms with Crippen molar-refractivity contribution < 1.29 is 33.9 Å². The first kappa shape index (κ1) is 22.1. The van der Waals surface area contributed by atoms with Gasteiger partial charge in [-0.2, -0.15) is 4.89 Å². The third-order valence-electron chi connectivity index (χ3n) is 3.76. The average Bonchev–Trinajstić information content (AvgIpc) is 3.08. The Kier molecular flexibility index (Phi) is 8.35. The fourth-order valence-corrected chi connectivity index (χ4v) is 2.34. The Balaban J connectivity index is 0.000000253. The first-order valence-electron chi connectivity index (χ1n) is 9.25. The molecule has 1 aromatic rings. The zero-order valence-corrected chi connectivity index (χ0v) is 16.5. The highest BCUT2D eigenvalue weighted by molar-refractivity contribution is 5.95. The predicted molar refractivity (Wildman–Crippen MR) is 106 cm³/mol. The van der Waals surface area contributed by atoms with Gasteiger partial charge < -0.3 is 30.5 Å². The Hall–Kier alpha value is -3.20. The smallest absolute Gasteiger partial charge is 0.337 e. The van der Waals surface area contributed by atoms with Crippen LogP contribution in [0.2, 0.25) is 0 Å². The first-order valence-corrected chi connectivity index (χ1v) is 9.25. The number of nitrogens with one attached hydrogen (secondary N) is 1. The molecule has 0 aromatic heterocycles. The van der Waals surface area contributed by atoms with Gasteiger partial charge in [0.15, 0.2) is 11.5 Å². The molecule has 29 heavy (non-hydrogen) atoms. The molecular formula is C20H26N2O7. The molecule has 2 aliphatic heterocycles. The van der Waals surface area contributed by atoms with Gasteiger partial charge >= 0.3 is 5.97 Å². The third kappa shape index (κ3) is 7.04. The predicted octanol–water partition coefficient (Wildman–Crippen LogP) is 2.49. The number of hydrogen-bond acceptors (Lipinski definition) is 7. The quantitative estimate of drug-likeness (QED) is 0.636. The fraction of sp³-hybridized carbons (Fsp3) is 0.400. The molecule has 0 aliphatic carbocycles. The van der Waals surface area contributed by atoms with E-state index in [0.717, 1.165) is 6.42 Å². The van der Waals surface area contributed by atoms with Crippen LogP contribution in [0, 0.1) is 5.92 Å². The molecule has 4 N–H and O–H groups in total. The molecule has 2 aliphatic rings. The lowest BCUT2D eigenvalue weighted by Gasteiger charge is -2.15. The summed E-state index contributed by atoms with van der Waals surface area (Å²) in [6.45, 7) is 6.30. The van der Waals surface area contributed by atoms with Crippen molar-refractivity contribution in [3.05, 3.63) is 41.7 Å². The van der Waals surface area contributed by atoms with Crippen LogP contribution in [-0.2, 0) is 14.6 Å². The number of aromatic carboxylic acids is 1. The van der Waals surface area contributed by atoms with Crippen LogP contribution in [0.4, 0.5) is 5.69 Å². The van der Waals surface area contributed by atoms with E-state index in [-0.39, 0.29) is 11.3 Å². The summed E-state index contributed by atoms with van der Waals surface area (Å²) >= 11 is 0. The van der Waals surface area contributed by atoms with E-state index in [1.54, 1.807) is 18.2 Å². The Morgan fingerprint density at radius 1 is 1.21 bits per heavy atom. The van der Waals surface area contributed by atoms with Gasteiger partial charge in [-0.3, -0.25) is 4.79 Å². The second kappa shape index (κ2) is 11.0. The molecule has 0 spiro atoms. The zero-order chi connectivity index (χ0) is 21.2. The molecule has 158 valence electrons. The number of anilines is 1. The molecule has 9 heteroatoms. The number of carbonyl (C=O) groups excluding carboxylic acids is 1. The number of rotatable bonds is 5. The number of carbonyl (C=O) groups is 2. The summed E-state index contributed by atoms with van der Waals surface area (Å²) in [4.78, 5) is 30.7. The molecule has 0 fully saturated rings. The number of fused-ring (bicyclic) bond motifs is 1. The van der Waals surface area contributed by atoms with Gasteiger partial charge in [0.1, 0.15) is 6.61 Å². The highest BCUT2D eigenvalue weighted by atomic mass is 17.2. The van der Waals surface area contributed by atoms with Gasteiger partial charge in [-0.25, -0.2) is 4.79 Å². The number of benzene rings is 1. The molecule has 0 bridgehead atoms. The van der Waals surface area contributed by atoms with Crippen molar-refractivity contribution >= 4 is 17.6 Å². The summed E-state index contributed by atoms with van der Waals surface area (Å²) < 4.78 is 11.1. The van der Waals surface area contributed by atoms with Crippen LogP contribution < -0.4 is 20.5 Å². The summed E-state index contributed by atoms with van der Waals surface area (Å²) in [5, 5.41) is 12.4. The number of ether oxygens (including phenoxy) is 2. The molecule has 0 radical (unpaired) electrons. The van der Waals surface area contributed by atoms with Crippen molar-refractivity contribution in [3.8, 4) is 11.5 Å². The monoisotopic (exact) mass is 406 g/mol. The van der Waals surface area contributed by atoms with Crippen LogP contribution in [0.15, 0.2) is 36.1 Å². The molecule has 0 saturated heterocycles. The van der Waals surface area contributed by atoms with Gasteiger partial charge in [-0.1, -0.05) is 26.0 Å². The van der Waals surface area contributed by atoms with Crippen molar-refractivity contribution in [2.45, 2.75) is 20.3 Å². The molecule has 9 nitrogen and oxygen atoms in total. The number of carboxylic acids is 1. The van der Waals surface area contributed by atoms with Gasteiger partial charge in [0.2, 0.25) is 5.76 Å². The lowest BCUT2D eigenvalue weighted by atomic mass is 10.1. The highest BCUT2D eigenvalue weighted by Gasteiger charge is 2.18. The standard InChI is InChI=1S/C14H19NO4.C6H7NO3/c1-9(2)8-15-11-7-13-12(6-10(11)14(16)17)18-4-3-5-19-13;7-6(8)5-3-1-2-4-9-10-5/h6-7,9,15H,3-5,8H2,1-2H3,(H,16,17);1-3H,4H2,(H2,7,8). The van der Waals surface area contributed by atoms with Crippen LogP contribution in [0.25, 0.3) is 0 Å². The molecule has 2 heterocycles. The lowest BCUT2D eigenvalue weighted by Crippen LogP contribution is -2.15. The Morgan fingerprint density at radius 2 is 1.90 bits per heavy atom. The minimum atomic E-state index is -0.970. The van der Waals surface area contributed by atoms with E-state index in [4.69, 9.17) is 15.2 Å². The average molecular weight is 406 g/mol. The summed E-state index contributed by atoms with van der Waals surface area (Å²) in [7, 11) is 0. The van der Waals surface area contributed by atoms with Crippen LogP contribution in [0.3, 0.4) is 0 Å². The minimum absolute atomic E-state index is 0.0220. The second-order valence-electron chi connectivity index (χ2n) is 6.67. The Bertz CT molecular complexity index is 787. The minimum Gasteiger partial charge on any atom is -0.490 e. The molecule has 1 amide bonds. The van der Waals surface area contributed by atoms with Gasteiger partial charge in [0, 0.05) is 25.1 Å². The van der Waals surface area contributed by atoms with E-state index in [1.807, 2.05) is 0 Å². The maximum Gasteiger partial charge on any atom is 0.337 e.